The molecule has 3 aromatic heterocycles. The highest BCUT2D eigenvalue weighted by Crippen LogP contribution is 2.36. The maximum absolute atomic E-state index is 11.1. The Balaban J connectivity index is 1.33. The van der Waals surface area contributed by atoms with Crippen LogP contribution in [-0.4, -0.2) is 43.8 Å². The fraction of sp³-hybridized carbons (Fsp3) is 0.312. The van der Waals surface area contributed by atoms with Crippen LogP contribution < -0.4 is 4.74 Å². The largest absolute Gasteiger partial charge is 0.490 e. The maximum atomic E-state index is 11.1. The van der Waals surface area contributed by atoms with Gasteiger partial charge in [0.2, 0.25) is 0 Å². The predicted octanol–water partition coefficient (Wildman–Crippen LogP) is 6.22. The zero-order valence-corrected chi connectivity index (χ0v) is 22.0. The highest BCUT2D eigenvalue weighted by atomic mass is 16.5. The molecule has 6 nitrogen and oxygen atoms in total. The van der Waals surface area contributed by atoms with Crippen LogP contribution in [0.4, 0.5) is 0 Å². The Morgan fingerprint density at radius 1 is 0.816 bits per heavy atom. The van der Waals surface area contributed by atoms with Crippen molar-refractivity contribution in [1.29, 1.82) is 0 Å². The quantitative estimate of drug-likeness (QED) is 0.191. The standard InChI is InChI=1S/C32H36N4O2/c1-2-3-10-20-36-29-15-5-4-14-28(29)32-30(36)16-11-17-31(32)38-24-27(37)23-35(21-25-12-6-8-18-33-25)22-26-13-7-9-19-34-26/h4-9,11-19,27,37H,2-3,10,20-24H2,1H3. The number of pyridine rings is 2. The Morgan fingerprint density at radius 3 is 2.18 bits per heavy atom. The van der Waals surface area contributed by atoms with Gasteiger partial charge in [0.15, 0.2) is 0 Å². The zero-order chi connectivity index (χ0) is 26.2. The number of aromatic nitrogens is 3. The van der Waals surface area contributed by atoms with Gasteiger partial charge in [-0.15, -0.1) is 0 Å². The number of aryl methyl sites for hydroxylation is 1. The van der Waals surface area contributed by atoms with Gasteiger partial charge in [0, 0.05) is 54.9 Å². The first kappa shape index (κ1) is 25.9. The van der Waals surface area contributed by atoms with E-state index in [-0.39, 0.29) is 6.61 Å². The minimum absolute atomic E-state index is 0.204. The van der Waals surface area contributed by atoms with Crippen LogP contribution in [0.25, 0.3) is 21.8 Å². The molecule has 0 radical (unpaired) electrons. The molecule has 0 fully saturated rings. The van der Waals surface area contributed by atoms with Crippen molar-refractivity contribution in [3.8, 4) is 5.75 Å². The highest BCUT2D eigenvalue weighted by Gasteiger charge is 2.18. The van der Waals surface area contributed by atoms with Crippen molar-refractivity contribution in [2.75, 3.05) is 13.2 Å². The van der Waals surface area contributed by atoms with Gasteiger partial charge in [0.1, 0.15) is 18.5 Å². The van der Waals surface area contributed by atoms with Gasteiger partial charge in [0.25, 0.3) is 0 Å². The molecule has 5 rings (SSSR count). The summed E-state index contributed by atoms with van der Waals surface area (Å²) in [6.07, 6.45) is 6.48. The van der Waals surface area contributed by atoms with E-state index in [1.165, 1.54) is 29.3 Å². The molecular formula is C32H36N4O2. The summed E-state index contributed by atoms with van der Waals surface area (Å²) >= 11 is 0. The Kier molecular flexibility index (Phi) is 8.64. The normalized spacial score (nSPS) is 12.4. The molecule has 1 atom stereocenters. The van der Waals surface area contributed by atoms with Gasteiger partial charge >= 0.3 is 0 Å². The van der Waals surface area contributed by atoms with E-state index in [1.807, 2.05) is 48.5 Å². The first-order valence-corrected chi connectivity index (χ1v) is 13.6. The van der Waals surface area contributed by atoms with E-state index in [4.69, 9.17) is 4.74 Å². The van der Waals surface area contributed by atoms with Crippen molar-refractivity contribution in [2.45, 2.75) is 51.9 Å². The van der Waals surface area contributed by atoms with Gasteiger partial charge < -0.3 is 14.4 Å². The molecule has 2 aromatic carbocycles. The van der Waals surface area contributed by atoms with Crippen molar-refractivity contribution in [2.24, 2.45) is 0 Å². The van der Waals surface area contributed by atoms with Crippen LogP contribution in [0.1, 0.15) is 37.6 Å². The second kappa shape index (κ2) is 12.7. The molecule has 1 N–H and O–H groups in total. The first-order valence-electron chi connectivity index (χ1n) is 13.6. The van der Waals surface area contributed by atoms with Crippen LogP contribution in [0.3, 0.4) is 0 Å². The van der Waals surface area contributed by atoms with Gasteiger partial charge in [-0.25, -0.2) is 0 Å². The molecule has 0 saturated heterocycles. The van der Waals surface area contributed by atoms with Crippen LogP contribution in [0.15, 0.2) is 91.3 Å². The maximum Gasteiger partial charge on any atom is 0.129 e. The number of aliphatic hydroxyl groups excluding tert-OH is 1. The first-order chi connectivity index (χ1) is 18.7. The monoisotopic (exact) mass is 508 g/mol. The van der Waals surface area contributed by atoms with Crippen LogP contribution in [0.5, 0.6) is 5.75 Å². The third-order valence-corrected chi connectivity index (χ3v) is 6.87. The molecule has 0 bridgehead atoms. The fourth-order valence-corrected chi connectivity index (χ4v) is 5.11. The lowest BCUT2D eigenvalue weighted by Crippen LogP contribution is -2.35. The summed E-state index contributed by atoms with van der Waals surface area (Å²) in [7, 11) is 0. The molecule has 5 aromatic rings. The number of para-hydroxylation sites is 1. The Bertz CT molecular complexity index is 1390. The van der Waals surface area contributed by atoms with E-state index in [2.05, 4.69) is 56.7 Å². The number of nitrogens with zero attached hydrogens (tertiary/aromatic N) is 4. The number of hydrogen-bond donors (Lipinski definition) is 1. The predicted molar refractivity (Wildman–Crippen MR) is 153 cm³/mol. The summed E-state index contributed by atoms with van der Waals surface area (Å²) in [6, 6.07) is 26.6. The van der Waals surface area contributed by atoms with E-state index in [0.29, 0.717) is 19.6 Å². The summed E-state index contributed by atoms with van der Waals surface area (Å²) in [5.41, 5.74) is 4.32. The van der Waals surface area contributed by atoms with Crippen LogP contribution in [0.2, 0.25) is 0 Å². The molecule has 0 aliphatic carbocycles. The molecule has 0 saturated carbocycles. The molecule has 0 spiro atoms. The third-order valence-electron chi connectivity index (χ3n) is 6.87. The van der Waals surface area contributed by atoms with E-state index >= 15 is 0 Å². The zero-order valence-electron chi connectivity index (χ0n) is 22.0. The molecular weight excluding hydrogens is 472 g/mol. The average molecular weight is 509 g/mol. The lowest BCUT2D eigenvalue weighted by atomic mass is 10.1. The highest BCUT2D eigenvalue weighted by molar-refractivity contribution is 6.11. The number of unbranched alkanes of at least 4 members (excludes halogenated alkanes) is 2. The molecule has 0 aliphatic heterocycles. The average Bonchev–Trinajstić information content (AvgIpc) is 3.27. The smallest absolute Gasteiger partial charge is 0.129 e. The van der Waals surface area contributed by atoms with E-state index in [0.717, 1.165) is 35.5 Å². The van der Waals surface area contributed by atoms with E-state index in [1.54, 1.807) is 12.4 Å². The van der Waals surface area contributed by atoms with E-state index < -0.39 is 6.10 Å². The summed E-state index contributed by atoms with van der Waals surface area (Å²) in [5, 5.41) is 13.4. The van der Waals surface area contributed by atoms with Gasteiger partial charge in [0.05, 0.1) is 16.9 Å². The van der Waals surface area contributed by atoms with Crippen molar-refractivity contribution < 1.29 is 9.84 Å². The number of rotatable bonds is 13. The van der Waals surface area contributed by atoms with Crippen molar-refractivity contribution in [1.82, 2.24) is 19.4 Å². The summed E-state index contributed by atoms with van der Waals surface area (Å²) in [6.45, 7) is 5.11. The molecule has 38 heavy (non-hydrogen) atoms. The molecule has 196 valence electrons. The van der Waals surface area contributed by atoms with E-state index in [9.17, 15) is 5.11 Å². The minimum atomic E-state index is -0.671. The second-order valence-corrected chi connectivity index (χ2v) is 9.80. The number of ether oxygens (including phenoxy) is 1. The van der Waals surface area contributed by atoms with Gasteiger partial charge in [-0.05, 0) is 48.9 Å². The van der Waals surface area contributed by atoms with Crippen molar-refractivity contribution >= 4 is 21.8 Å². The van der Waals surface area contributed by atoms with Crippen LogP contribution in [0, 0.1) is 0 Å². The second-order valence-electron chi connectivity index (χ2n) is 9.80. The molecule has 0 amide bonds. The number of benzene rings is 2. The SMILES string of the molecule is CCCCCn1c2ccccc2c2c(OCC(O)CN(Cc3ccccn3)Cc3ccccn3)cccc21. The molecule has 1 unspecified atom stereocenters. The summed E-state index contributed by atoms with van der Waals surface area (Å²) < 4.78 is 8.72. The number of aliphatic hydroxyl groups is 1. The fourth-order valence-electron chi connectivity index (χ4n) is 5.11. The Morgan fingerprint density at radius 2 is 1.50 bits per heavy atom. The Hall–Kier alpha value is -3.74. The molecule has 0 aliphatic rings. The summed E-state index contributed by atoms with van der Waals surface area (Å²) in [4.78, 5) is 11.1. The minimum Gasteiger partial charge on any atom is -0.490 e. The lowest BCUT2D eigenvalue weighted by molar-refractivity contribution is 0.0625. The summed E-state index contributed by atoms with van der Waals surface area (Å²) in [5.74, 6) is 0.813. The number of fused-ring (bicyclic) bond motifs is 3. The Labute approximate surface area is 224 Å². The topological polar surface area (TPSA) is 63.4 Å². The molecule has 6 heteroatoms. The van der Waals surface area contributed by atoms with Gasteiger partial charge in [-0.1, -0.05) is 56.2 Å². The van der Waals surface area contributed by atoms with Crippen LogP contribution >= 0.6 is 0 Å². The van der Waals surface area contributed by atoms with Crippen molar-refractivity contribution in [3.63, 3.8) is 0 Å². The van der Waals surface area contributed by atoms with Gasteiger partial charge in [-0.2, -0.15) is 0 Å². The van der Waals surface area contributed by atoms with Gasteiger partial charge in [-0.3, -0.25) is 14.9 Å². The third kappa shape index (κ3) is 6.21. The lowest BCUT2D eigenvalue weighted by Gasteiger charge is -2.24. The van der Waals surface area contributed by atoms with Crippen molar-refractivity contribution in [3.05, 3.63) is 103 Å². The molecule has 3 heterocycles. The number of hydrogen-bond acceptors (Lipinski definition) is 5. The van der Waals surface area contributed by atoms with Crippen LogP contribution in [-0.2, 0) is 19.6 Å².